The lowest BCUT2D eigenvalue weighted by molar-refractivity contribution is -0.127. The fraction of sp³-hybridized carbons (Fsp3) is 0.636. The maximum Gasteiger partial charge on any atom is 0.243 e. The fourth-order valence-electron chi connectivity index (χ4n) is 3.50. The lowest BCUT2D eigenvalue weighted by Gasteiger charge is -2.33. The van der Waals surface area contributed by atoms with Gasteiger partial charge >= 0.3 is 0 Å². The van der Waals surface area contributed by atoms with Crippen LogP contribution in [0.4, 0.5) is 0 Å². The van der Waals surface area contributed by atoms with Gasteiger partial charge in [0.05, 0.1) is 6.61 Å². The molecule has 6 nitrogen and oxygen atoms in total. The highest BCUT2D eigenvalue weighted by Crippen LogP contribution is 2.30. The predicted molar refractivity (Wildman–Crippen MR) is 115 cm³/mol. The van der Waals surface area contributed by atoms with E-state index >= 15 is 0 Å². The lowest BCUT2D eigenvalue weighted by atomic mass is 9.76. The van der Waals surface area contributed by atoms with Gasteiger partial charge in [0.1, 0.15) is 6.54 Å². The zero-order valence-corrected chi connectivity index (χ0v) is 17.8. The van der Waals surface area contributed by atoms with Crippen LogP contribution in [0, 0.1) is 5.92 Å². The zero-order valence-electron chi connectivity index (χ0n) is 17.8. The van der Waals surface area contributed by atoms with Gasteiger partial charge in [0, 0.05) is 45.1 Å². The van der Waals surface area contributed by atoms with Crippen molar-refractivity contribution in [3.8, 4) is 0 Å². The van der Waals surface area contributed by atoms with Gasteiger partial charge in [0.15, 0.2) is 5.96 Å². The largest absolute Gasteiger partial charge is 0.381 e. The van der Waals surface area contributed by atoms with Crippen molar-refractivity contribution < 1.29 is 9.53 Å². The highest BCUT2D eigenvalue weighted by atomic mass is 16.5. The van der Waals surface area contributed by atoms with Crippen LogP contribution in [-0.4, -0.2) is 63.7 Å². The molecule has 1 aromatic carbocycles. The number of rotatable bonds is 9. The van der Waals surface area contributed by atoms with E-state index in [1.54, 1.807) is 19.0 Å². The number of likely N-dealkylation sites (N-methyl/N-ethyl adjacent to an activating group) is 1. The molecule has 2 N–H and O–H groups in total. The number of hydrogen-bond acceptors (Lipinski definition) is 3. The summed E-state index contributed by atoms with van der Waals surface area (Å²) in [5.41, 5.74) is 1.37. The van der Waals surface area contributed by atoms with Gasteiger partial charge in [-0.25, -0.2) is 4.99 Å². The van der Waals surface area contributed by atoms with E-state index < -0.39 is 0 Å². The molecule has 28 heavy (non-hydrogen) atoms. The van der Waals surface area contributed by atoms with Gasteiger partial charge in [-0.05, 0) is 24.8 Å². The first-order valence-corrected chi connectivity index (χ1v) is 10.4. The number of benzene rings is 1. The van der Waals surface area contributed by atoms with Crippen molar-refractivity contribution in [2.24, 2.45) is 10.9 Å². The van der Waals surface area contributed by atoms with Gasteiger partial charge in [-0.2, -0.15) is 0 Å². The van der Waals surface area contributed by atoms with Crippen LogP contribution in [0.1, 0.15) is 38.7 Å². The Morgan fingerprint density at radius 3 is 2.50 bits per heavy atom. The number of hydrogen-bond donors (Lipinski definition) is 2. The SMILES string of the molecule is CCC(CC)(CNC(=NCC(=O)N(C)C)NCC1CCOC1)c1ccccc1. The quantitative estimate of drug-likeness (QED) is 0.504. The summed E-state index contributed by atoms with van der Waals surface area (Å²) in [6.07, 6.45) is 3.12. The van der Waals surface area contributed by atoms with E-state index in [1.807, 2.05) is 0 Å². The van der Waals surface area contributed by atoms with Gasteiger partial charge in [-0.3, -0.25) is 4.79 Å². The Bertz CT molecular complexity index is 621. The van der Waals surface area contributed by atoms with E-state index in [0.717, 1.165) is 45.6 Å². The van der Waals surface area contributed by atoms with Gasteiger partial charge in [-0.15, -0.1) is 0 Å². The molecule has 0 bridgehead atoms. The van der Waals surface area contributed by atoms with Gasteiger partial charge < -0.3 is 20.3 Å². The van der Waals surface area contributed by atoms with Crippen molar-refractivity contribution in [3.63, 3.8) is 0 Å². The molecule has 0 aliphatic carbocycles. The van der Waals surface area contributed by atoms with Gasteiger partial charge in [0.2, 0.25) is 5.91 Å². The van der Waals surface area contributed by atoms with Crippen LogP contribution in [-0.2, 0) is 14.9 Å². The maximum atomic E-state index is 12.0. The van der Waals surface area contributed by atoms with Crippen molar-refractivity contribution >= 4 is 11.9 Å². The molecule has 156 valence electrons. The number of carbonyl (C=O) groups excluding carboxylic acids is 1. The molecule has 0 saturated carbocycles. The number of nitrogens with one attached hydrogen (secondary N) is 2. The third kappa shape index (κ3) is 6.23. The summed E-state index contributed by atoms with van der Waals surface area (Å²) in [5, 5.41) is 6.92. The topological polar surface area (TPSA) is 66.0 Å². The van der Waals surface area contributed by atoms with Gasteiger partial charge in [-0.1, -0.05) is 44.2 Å². The smallest absolute Gasteiger partial charge is 0.243 e. The second-order valence-electron chi connectivity index (χ2n) is 7.77. The Morgan fingerprint density at radius 1 is 1.21 bits per heavy atom. The van der Waals surface area contributed by atoms with Crippen molar-refractivity contribution in [2.45, 2.75) is 38.5 Å². The van der Waals surface area contributed by atoms with Crippen LogP contribution >= 0.6 is 0 Å². The molecular formula is C22H36N4O2. The van der Waals surface area contributed by atoms with Crippen LogP contribution in [0.3, 0.4) is 0 Å². The summed E-state index contributed by atoms with van der Waals surface area (Å²) >= 11 is 0. The molecule has 0 radical (unpaired) electrons. The third-order valence-electron chi connectivity index (χ3n) is 5.79. The molecule has 0 aromatic heterocycles. The first-order chi connectivity index (χ1) is 13.5. The Balaban J connectivity index is 2.07. The molecule has 1 aliphatic rings. The minimum Gasteiger partial charge on any atom is -0.381 e. The van der Waals surface area contributed by atoms with Crippen molar-refractivity contribution in [2.75, 3.05) is 46.9 Å². The van der Waals surface area contributed by atoms with Crippen LogP contribution in [0.2, 0.25) is 0 Å². The molecule has 1 saturated heterocycles. The predicted octanol–water partition coefficient (Wildman–Crippen LogP) is 2.40. The minimum absolute atomic E-state index is 0.00870. The normalized spacial score (nSPS) is 17.4. The van der Waals surface area contributed by atoms with E-state index in [1.165, 1.54) is 5.56 Å². The van der Waals surface area contributed by atoms with E-state index in [9.17, 15) is 4.79 Å². The zero-order chi connectivity index (χ0) is 20.4. The standard InChI is InChI=1S/C22H36N4O2/c1-5-22(6-2,19-10-8-7-9-11-19)17-25-21(24-15-20(27)26(3)4)23-14-18-12-13-28-16-18/h7-11,18H,5-6,12-17H2,1-4H3,(H2,23,24,25). The molecule has 2 rings (SSSR count). The second-order valence-corrected chi connectivity index (χ2v) is 7.77. The molecule has 1 atom stereocenters. The number of guanidine groups is 1. The molecule has 1 aromatic rings. The highest BCUT2D eigenvalue weighted by Gasteiger charge is 2.28. The van der Waals surface area contributed by atoms with E-state index in [0.29, 0.717) is 11.9 Å². The first-order valence-electron chi connectivity index (χ1n) is 10.4. The van der Waals surface area contributed by atoms with Crippen LogP contribution in [0.25, 0.3) is 0 Å². The molecular weight excluding hydrogens is 352 g/mol. The average Bonchev–Trinajstić information content (AvgIpc) is 3.24. The Hall–Kier alpha value is -2.08. The maximum absolute atomic E-state index is 12.0. The fourth-order valence-corrected chi connectivity index (χ4v) is 3.50. The van der Waals surface area contributed by atoms with E-state index in [-0.39, 0.29) is 17.9 Å². The second kappa shape index (κ2) is 11.1. The molecule has 1 unspecified atom stereocenters. The molecule has 6 heteroatoms. The summed E-state index contributed by atoms with van der Waals surface area (Å²) in [5.74, 6) is 1.18. The lowest BCUT2D eigenvalue weighted by Crippen LogP contribution is -2.47. The number of amides is 1. The molecule has 1 heterocycles. The van der Waals surface area contributed by atoms with E-state index in [2.05, 4.69) is 59.8 Å². The van der Waals surface area contributed by atoms with Crippen molar-refractivity contribution in [1.82, 2.24) is 15.5 Å². The summed E-state index contributed by atoms with van der Waals surface area (Å²) < 4.78 is 5.46. The Labute approximate surface area is 169 Å². The van der Waals surface area contributed by atoms with Crippen LogP contribution in [0.15, 0.2) is 35.3 Å². The first kappa shape index (κ1) is 22.2. The van der Waals surface area contributed by atoms with E-state index in [4.69, 9.17) is 4.74 Å². The molecule has 1 amide bonds. The van der Waals surface area contributed by atoms with Crippen LogP contribution < -0.4 is 10.6 Å². The summed E-state index contributed by atoms with van der Waals surface area (Å²) in [6.45, 7) is 7.79. The van der Waals surface area contributed by atoms with Crippen molar-refractivity contribution in [1.29, 1.82) is 0 Å². The number of nitrogens with zero attached hydrogens (tertiary/aromatic N) is 2. The Morgan fingerprint density at radius 2 is 1.93 bits per heavy atom. The summed E-state index contributed by atoms with van der Waals surface area (Å²) in [6, 6.07) is 10.6. The molecule has 0 spiro atoms. The molecule has 1 aliphatic heterocycles. The highest BCUT2D eigenvalue weighted by molar-refractivity contribution is 5.84. The number of carbonyl (C=O) groups is 1. The monoisotopic (exact) mass is 388 g/mol. The summed E-state index contributed by atoms with van der Waals surface area (Å²) in [7, 11) is 3.51. The van der Waals surface area contributed by atoms with Crippen LogP contribution in [0.5, 0.6) is 0 Å². The average molecular weight is 389 g/mol. The van der Waals surface area contributed by atoms with Crippen molar-refractivity contribution in [3.05, 3.63) is 35.9 Å². The third-order valence-corrected chi connectivity index (χ3v) is 5.79. The number of ether oxygens (including phenoxy) is 1. The molecule has 1 fully saturated rings. The minimum atomic E-state index is -0.00870. The van der Waals surface area contributed by atoms with Gasteiger partial charge in [0.25, 0.3) is 0 Å². The Kier molecular flexibility index (Phi) is 8.77. The summed E-state index contributed by atoms with van der Waals surface area (Å²) in [4.78, 5) is 18.1. The number of aliphatic imine (C=N–C) groups is 1.